The van der Waals surface area contributed by atoms with Gasteiger partial charge in [0, 0.05) is 0 Å². The molecule has 0 bridgehead atoms. The molecule has 43 heavy (non-hydrogen) atoms. The SMILES string of the molecule is Cc1ccc(-c2ccc(C)cc2C(F)(F)F)c(C)c1.Cc1ccc(-c2ccc(C)cc2C)c(C)c1.Cc1ccc(C)cc1. The average molecular weight is 581 g/mol. The van der Waals surface area contributed by atoms with Crippen LogP contribution in [-0.4, -0.2) is 0 Å². The van der Waals surface area contributed by atoms with Crippen LogP contribution >= 0.6 is 0 Å². The first-order valence-electron chi connectivity index (χ1n) is 14.6. The van der Waals surface area contributed by atoms with Crippen LogP contribution in [0.25, 0.3) is 22.3 Å². The van der Waals surface area contributed by atoms with Crippen molar-refractivity contribution in [2.24, 2.45) is 0 Å². The van der Waals surface area contributed by atoms with E-state index in [0.29, 0.717) is 11.1 Å². The molecule has 0 atom stereocenters. The number of halogens is 3. The zero-order valence-electron chi connectivity index (χ0n) is 26.9. The van der Waals surface area contributed by atoms with Crippen molar-refractivity contribution in [3.8, 4) is 22.3 Å². The van der Waals surface area contributed by atoms with Crippen molar-refractivity contribution < 1.29 is 13.2 Å². The van der Waals surface area contributed by atoms with E-state index in [4.69, 9.17) is 0 Å². The van der Waals surface area contributed by atoms with Crippen molar-refractivity contribution in [3.63, 3.8) is 0 Å². The van der Waals surface area contributed by atoms with Crippen molar-refractivity contribution >= 4 is 0 Å². The van der Waals surface area contributed by atoms with Gasteiger partial charge in [-0.1, -0.05) is 124 Å². The van der Waals surface area contributed by atoms with Gasteiger partial charge in [-0.25, -0.2) is 0 Å². The summed E-state index contributed by atoms with van der Waals surface area (Å²) >= 11 is 0. The predicted molar refractivity (Wildman–Crippen MR) is 178 cm³/mol. The molecule has 0 aliphatic rings. The van der Waals surface area contributed by atoms with Crippen LogP contribution in [0.3, 0.4) is 0 Å². The van der Waals surface area contributed by atoms with Gasteiger partial charge in [0.05, 0.1) is 5.56 Å². The Morgan fingerprint density at radius 1 is 0.326 bits per heavy atom. The summed E-state index contributed by atoms with van der Waals surface area (Å²) in [4.78, 5) is 0. The van der Waals surface area contributed by atoms with Gasteiger partial charge >= 0.3 is 6.18 Å². The summed E-state index contributed by atoms with van der Waals surface area (Å²) in [6.07, 6.45) is -4.33. The average Bonchev–Trinajstić information content (AvgIpc) is 2.92. The highest BCUT2D eigenvalue weighted by Gasteiger charge is 2.34. The van der Waals surface area contributed by atoms with E-state index in [1.807, 2.05) is 26.0 Å². The Morgan fingerprint density at radius 3 is 0.884 bits per heavy atom. The summed E-state index contributed by atoms with van der Waals surface area (Å²) in [7, 11) is 0. The minimum atomic E-state index is -4.33. The van der Waals surface area contributed by atoms with Gasteiger partial charge in [0.25, 0.3) is 0 Å². The second-order valence-corrected chi connectivity index (χ2v) is 11.7. The maximum atomic E-state index is 13.1. The summed E-state index contributed by atoms with van der Waals surface area (Å²) in [6.45, 7) is 18.3. The largest absolute Gasteiger partial charge is 0.417 e. The molecule has 0 spiro atoms. The summed E-state index contributed by atoms with van der Waals surface area (Å²) in [5, 5.41) is 0. The number of aryl methyl sites for hydroxylation is 9. The highest BCUT2D eigenvalue weighted by molar-refractivity contribution is 5.72. The molecule has 5 aromatic carbocycles. The zero-order chi connectivity index (χ0) is 31.9. The lowest BCUT2D eigenvalue weighted by Crippen LogP contribution is -2.08. The van der Waals surface area contributed by atoms with E-state index in [9.17, 15) is 13.2 Å². The third-order valence-electron chi connectivity index (χ3n) is 7.42. The van der Waals surface area contributed by atoms with Gasteiger partial charge in [-0.3, -0.25) is 0 Å². The standard InChI is InChI=1S/C16H15F3.C16H18.C8H10/c1-10-4-6-13(12(3)8-10)14-7-5-11(2)9-15(14)16(17,18)19;1-11-5-7-15(13(3)9-11)16-8-6-12(2)10-14(16)4;1-7-3-5-8(2)6-4-7/h4-9H,1-3H3;5-10H,1-4H3;3-6H,1-2H3. The second-order valence-electron chi connectivity index (χ2n) is 11.7. The zero-order valence-corrected chi connectivity index (χ0v) is 26.9. The Bertz CT molecular complexity index is 1600. The quantitative estimate of drug-likeness (QED) is 0.195. The van der Waals surface area contributed by atoms with E-state index in [0.717, 1.165) is 11.1 Å². The molecule has 5 rings (SSSR count). The van der Waals surface area contributed by atoms with Crippen molar-refractivity contribution in [1.82, 2.24) is 0 Å². The molecule has 0 radical (unpaired) electrons. The summed E-state index contributed by atoms with van der Waals surface area (Å²) in [6, 6.07) is 31.7. The Labute approximate surface area is 256 Å². The summed E-state index contributed by atoms with van der Waals surface area (Å²) in [5.74, 6) is 0. The van der Waals surface area contributed by atoms with E-state index >= 15 is 0 Å². The Kier molecular flexibility index (Phi) is 11.2. The Hall–Kier alpha value is -4.11. The molecule has 0 unspecified atom stereocenters. The second kappa shape index (κ2) is 14.4. The highest BCUT2D eigenvalue weighted by atomic mass is 19.4. The molecule has 224 valence electrons. The minimum Gasteiger partial charge on any atom is -0.166 e. The van der Waals surface area contributed by atoms with Crippen molar-refractivity contribution in [2.75, 3.05) is 0 Å². The highest BCUT2D eigenvalue weighted by Crippen LogP contribution is 2.38. The van der Waals surface area contributed by atoms with Crippen LogP contribution in [-0.2, 0) is 6.18 Å². The van der Waals surface area contributed by atoms with Gasteiger partial charge in [0.15, 0.2) is 0 Å². The van der Waals surface area contributed by atoms with Crippen molar-refractivity contribution in [2.45, 2.75) is 68.5 Å². The number of alkyl halides is 3. The van der Waals surface area contributed by atoms with Gasteiger partial charge in [0.1, 0.15) is 0 Å². The fourth-order valence-corrected chi connectivity index (χ4v) is 5.11. The van der Waals surface area contributed by atoms with E-state index < -0.39 is 11.7 Å². The van der Waals surface area contributed by atoms with E-state index in [1.54, 1.807) is 25.1 Å². The smallest absolute Gasteiger partial charge is 0.166 e. The van der Waals surface area contributed by atoms with Crippen molar-refractivity contribution in [1.29, 1.82) is 0 Å². The number of hydrogen-bond acceptors (Lipinski definition) is 0. The van der Waals surface area contributed by atoms with Crippen LogP contribution in [0.5, 0.6) is 0 Å². The maximum absolute atomic E-state index is 13.1. The third kappa shape index (κ3) is 9.44. The molecule has 0 amide bonds. The van der Waals surface area contributed by atoms with Gasteiger partial charge in [-0.05, 0) is 107 Å². The number of hydrogen-bond donors (Lipinski definition) is 0. The van der Waals surface area contributed by atoms with Crippen LogP contribution in [0.4, 0.5) is 13.2 Å². The molecule has 0 aliphatic carbocycles. The molecule has 0 heterocycles. The monoisotopic (exact) mass is 580 g/mol. The van der Waals surface area contributed by atoms with Gasteiger partial charge < -0.3 is 0 Å². The number of benzene rings is 5. The van der Waals surface area contributed by atoms with E-state index in [2.05, 4.69) is 102 Å². The van der Waals surface area contributed by atoms with E-state index in [1.165, 1.54) is 50.6 Å². The topological polar surface area (TPSA) is 0 Å². The fraction of sp³-hybridized carbons (Fsp3) is 0.250. The summed E-state index contributed by atoms with van der Waals surface area (Å²) < 4.78 is 39.4. The summed E-state index contributed by atoms with van der Waals surface area (Å²) in [5.41, 5.74) is 13.5. The Balaban J connectivity index is 0.000000190. The molecule has 0 aromatic heterocycles. The first-order chi connectivity index (χ1) is 20.1. The van der Waals surface area contributed by atoms with Crippen LogP contribution < -0.4 is 0 Å². The predicted octanol–water partition coefficient (Wildman–Crippen LogP) is 12.2. The third-order valence-corrected chi connectivity index (χ3v) is 7.42. The molecular weight excluding hydrogens is 537 g/mol. The molecule has 0 aliphatic heterocycles. The number of rotatable bonds is 2. The molecule has 0 fully saturated rings. The minimum absolute atomic E-state index is 0.246. The first kappa shape index (κ1) is 33.4. The fourth-order valence-electron chi connectivity index (χ4n) is 5.11. The van der Waals surface area contributed by atoms with Crippen LogP contribution in [0.15, 0.2) is 97.1 Å². The van der Waals surface area contributed by atoms with Crippen LogP contribution in [0.2, 0.25) is 0 Å². The van der Waals surface area contributed by atoms with Crippen LogP contribution in [0, 0.1) is 62.3 Å². The molecular formula is C40H43F3. The Morgan fingerprint density at radius 2 is 0.581 bits per heavy atom. The molecule has 0 N–H and O–H groups in total. The lowest BCUT2D eigenvalue weighted by molar-refractivity contribution is -0.137. The lowest BCUT2D eigenvalue weighted by Gasteiger charge is -2.16. The molecule has 0 nitrogen and oxygen atoms in total. The normalized spacial score (nSPS) is 10.8. The maximum Gasteiger partial charge on any atom is 0.417 e. The first-order valence-corrected chi connectivity index (χ1v) is 14.6. The van der Waals surface area contributed by atoms with Gasteiger partial charge in [-0.15, -0.1) is 0 Å². The molecule has 0 saturated carbocycles. The van der Waals surface area contributed by atoms with E-state index in [-0.39, 0.29) is 5.56 Å². The van der Waals surface area contributed by atoms with Gasteiger partial charge in [-0.2, -0.15) is 13.2 Å². The molecule has 5 aromatic rings. The van der Waals surface area contributed by atoms with Gasteiger partial charge in [0.2, 0.25) is 0 Å². The molecule has 0 saturated heterocycles. The lowest BCUT2D eigenvalue weighted by atomic mass is 9.93. The molecule has 3 heteroatoms. The van der Waals surface area contributed by atoms with Crippen LogP contribution in [0.1, 0.15) is 55.6 Å². The van der Waals surface area contributed by atoms with Crippen molar-refractivity contribution in [3.05, 3.63) is 153 Å².